The highest BCUT2D eigenvalue weighted by atomic mass is 32.2. The van der Waals surface area contributed by atoms with Gasteiger partial charge >= 0.3 is 19.7 Å². The van der Waals surface area contributed by atoms with E-state index in [0.717, 1.165) is 5.56 Å². The number of amides is 1. The van der Waals surface area contributed by atoms with Gasteiger partial charge in [-0.15, -0.1) is 0 Å². The molecular weight excluding hydrogens is 755 g/mol. The molecule has 2 saturated heterocycles. The molecule has 55 heavy (non-hydrogen) atoms. The van der Waals surface area contributed by atoms with Gasteiger partial charge in [-0.25, -0.2) is 18.0 Å². The van der Waals surface area contributed by atoms with Gasteiger partial charge < -0.3 is 39.0 Å². The van der Waals surface area contributed by atoms with Crippen LogP contribution in [0.1, 0.15) is 38.3 Å². The molecule has 1 amide bonds. The molecule has 2 aliphatic rings. The second-order valence-corrected chi connectivity index (χ2v) is 17.6. The number of hydrogen-bond acceptors (Lipinski definition) is 12. The van der Waals surface area contributed by atoms with Crippen molar-refractivity contribution in [2.24, 2.45) is 11.8 Å². The van der Waals surface area contributed by atoms with Crippen LogP contribution in [0.5, 0.6) is 5.75 Å². The highest BCUT2D eigenvalue weighted by molar-refractivity contribution is 7.89. The van der Waals surface area contributed by atoms with E-state index in [1.54, 1.807) is 54.6 Å². The van der Waals surface area contributed by atoms with Crippen LogP contribution in [0.15, 0.2) is 89.8 Å². The molecule has 1 unspecified atom stereocenters. The highest BCUT2D eigenvalue weighted by Crippen LogP contribution is 2.43. The molecule has 0 spiro atoms. The molecule has 0 saturated carbocycles. The van der Waals surface area contributed by atoms with Gasteiger partial charge in [0.1, 0.15) is 18.5 Å². The van der Waals surface area contributed by atoms with Crippen LogP contribution < -0.4 is 10.1 Å². The third kappa shape index (κ3) is 12.3. The monoisotopic (exact) mass is 804 g/mol. The van der Waals surface area contributed by atoms with Crippen LogP contribution >= 0.6 is 7.60 Å². The maximum absolute atomic E-state index is 13.7. The van der Waals surface area contributed by atoms with Crippen molar-refractivity contribution in [2.45, 2.75) is 75.8 Å². The Labute approximate surface area is 321 Å². The summed E-state index contributed by atoms with van der Waals surface area (Å²) in [6.45, 7) is 5.47. The molecule has 3 N–H and O–H groups in total. The zero-order chi connectivity index (χ0) is 39.6. The Kier molecular flexibility index (Phi) is 14.9. The average molecular weight is 805 g/mol. The van der Waals surface area contributed by atoms with Gasteiger partial charge in [0.15, 0.2) is 18.7 Å². The molecule has 3 aromatic rings. The molecule has 2 aliphatic heterocycles. The summed E-state index contributed by atoms with van der Waals surface area (Å²) in [6, 6.07) is 22.2. The molecule has 0 aliphatic carbocycles. The Hall–Kier alpha value is -3.86. The van der Waals surface area contributed by atoms with Gasteiger partial charge in [-0.1, -0.05) is 74.5 Å². The first-order chi connectivity index (χ1) is 26.2. The summed E-state index contributed by atoms with van der Waals surface area (Å²) in [6.07, 6.45) is -4.53. The Balaban J connectivity index is 1.23. The summed E-state index contributed by atoms with van der Waals surface area (Å²) in [5.74, 6) is -0.794. The number of sulfonamides is 1. The van der Waals surface area contributed by atoms with Crippen molar-refractivity contribution in [3.8, 4) is 5.75 Å². The molecule has 0 aromatic heterocycles. The van der Waals surface area contributed by atoms with Crippen LogP contribution in [0.4, 0.5) is 4.79 Å². The molecule has 2 heterocycles. The molecule has 7 atom stereocenters. The molecule has 3 aromatic carbocycles. The average Bonchev–Trinajstić information content (AvgIpc) is 3.78. The van der Waals surface area contributed by atoms with Crippen molar-refractivity contribution < 1.29 is 60.8 Å². The number of aliphatic hydroxyl groups is 1. The van der Waals surface area contributed by atoms with E-state index in [0.29, 0.717) is 18.6 Å². The third-order valence-electron chi connectivity index (χ3n) is 9.00. The number of nitrogens with zero attached hydrogens (tertiary/aromatic N) is 1. The number of alkyl carbamates (subject to hydrolysis) is 1. The van der Waals surface area contributed by atoms with E-state index in [9.17, 15) is 32.6 Å². The molecule has 0 bridgehead atoms. The number of ether oxygens (including phenoxy) is 5. The Morgan fingerprint density at radius 2 is 1.62 bits per heavy atom. The molecule has 15 nitrogen and oxygen atoms in total. The van der Waals surface area contributed by atoms with Crippen LogP contribution in [0.2, 0.25) is 0 Å². The Morgan fingerprint density at radius 3 is 2.29 bits per heavy atom. The predicted molar refractivity (Wildman–Crippen MR) is 199 cm³/mol. The number of rotatable bonds is 19. The number of fused-ring (bicyclic) bond motifs is 1. The van der Waals surface area contributed by atoms with Crippen molar-refractivity contribution in [2.75, 3.05) is 32.7 Å². The van der Waals surface area contributed by atoms with Crippen molar-refractivity contribution in [3.05, 3.63) is 96.1 Å². The van der Waals surface area contributed by atoms with E-state index in [1.165, 1.54) is 35.5 Å². The second-order valence-electron chi connectivity index (χ2n) is 13.9. The minimum atomic E-state index is -4.40. The van der Waals surface area contributed by atoms with Gasteiger partial charge in [-0.3, -0.25) is 9.09 Å². The number of carbonyl (C=O) groups is 2. The zero-order valence-corrected chi connectivity index (χ0v) is 32.7. The largest absolute Gasteiger partial charge is 0.481 e. The first kappa shape index (κ1) is 42.3. The molecule has 17 heteroatoms. The smallest absolute Gasteiger partial charge is 0.407 e. The van der Waals surface area contributed by atoms with E-state index < -0.39 is 66.7 Å². The van der Waals surface area contributed by atoms with E-state index in [2.05, 4.69) is 5.32 Å². The lowest BCUT2D eigenvalue weighted by Gasteiger charge is -2.31. The van der Waals surface area contributed by atoms with Crippen LogP contribution in [-0.2, 0) is 55.9 Å². The summed E-state index contributed by atoms with van der Waals surface area (Å²) >= 11 is 0. The number of esters is 1. The van der Waals surface area contributed by atoms with Crippen molar-refractivity contribution in [3.63, 3.8) is 0 Å². The fourth-order valence-electron chi connectivity index (χ4n) is 6.21. The van der Waals surface area contributed by atoms with E-state index in [4.69, 9.17) is 28.2 Å². The van der Waals surface area contributed by atoms with Crippen molar-refractivity contribution in [1.29, 1.82) is 0 Å². The molecule has 0 radical (unpaired) electrons. The quantitative estimate of drug-likeness (QED) is 0.114. The lowest BCUT2D eigenvalue weighted by molar-refractivity contribution is -0.152. The van der Waals surface area contributed by atoms with Gasteiger partial charge in [0.05, 0.1) is 36.2 Å². The normalized spacial score (nSPS) is 21.0. The second kappa shape index (κ2) is 19.3. The number of hydrogen-bond donors (Lipinski definition) is 3. The lowest BCUT2D eigenvalue weighted by Crippen LogP contribution is -2.51. The SMILES string of the molecule is CC(C)CN(C[C@@H](O)[C@H](Cc1ccc(OCP(=O)(O)O[C@@H](C)C(=O)OCc2ccccc2)cc1)NC(=O)O[C@H]1CO[C@H]2OCC[C@H]21)S(=O)(=O)c1ccccc1. The topological polar surface area (TPSA) is 196 Å². The van der Waals surface area contributed by atoms with Crippen molar-refractivity contribution >= 4 is 29.7 Å². The first-order valence-electron chi connectivity index (χ1n) is 18.1. The van der Waals surface area contributed by atoms with E-state index in [1.807, 2.05) is 19.9 Å². The van der Waals surface area contributed by atoms with Crippen LogP contribution in [0.25, 0.3) is 0 Å². The molecule has 5 rings (SSSR count). The van der Waals surface area contributed by atoms with Crippen molar-refractivity contribution in [1.82, 2.24) is 9.62 Å². The Bertz CT molecular complexity index is 1850. The summed E-state index contributed by atoms with van der Waals surface area (Å²) < 4.78 is 73.9. The summed E-state index contributed by atoms with van der Waals surface area (Å²) in [5, 5.41) is 14.3. The minimum Gasteiger partial charge on any atom is -0.481 e. The van der Waals surface area contributed by atoms with Gasteiger partial charge in [-0.2, -0.15) is 4.31 Å². The minimum absolute atomic E-state index is 0.0185. The summed E-state index contributed by atoms with van der Waals surface area (Å²) in [4.78, 5) is 36.0. The van der Waals surface area contributed by atoms with Gasteiger partial charge in [0, 0.05) is 13.1 Å². The van der Waals surface area contributed by atoms with Crippen LogP contribution in [0, 0.1) is 11.8 Å². The predicted octanol–water partition coefficient (Wildman–Crippen LogP) is 4.46. The fourth-order valence-corrected chi connectivity index (χ4v) is 8.80. The third-order valence-corrected chi connectivity index (χ3v) is 12.0. The number of nitrogens with one attached hydrogen (secondary N) is 1. The Morgan fingerprint density at radius 1 is 0.945 bits per heavy atom. The van der Waals surface area contributed by atoms with Crippen LogP contribution in [0.3, 0.4) is 0 Å². The summed E-state index contributed by atoms with van der Waals surface area (Å²) in [7, 11) is -8.40. The summed E-state index contributed by atoms with van der Waals surface area (Å²) in [5.41, 5.74) is 1.36. The molecular formula is C38H49N2O13PS. The maximum atomic E-state index is 13.7. The molecule has 2 fully saturated rings. The van der Waals surface area contributed by atoms with E-state index in [-0.39, 0.29) is 55.2 Å². The number of aliphatic hydroxyl groups excluding tert-OH is 1. The standard InChI is InChI=1S/C38H49N2O13PS/c1-26(2)21-40(55(46,47)31-12-8-5-9-13-31)22-34(41)33(39-38(43)52-35-24-50-37-32(35)18-19-48-37)20-28-14-16-30(17-15-28)51-25-54(44,45)53-27(3)36(42)49-23-29-10-6-4-7-11-29/h4-17,26-27,32-35,37,41H,18-25H2,1-3H3,(H,39,43)(H,44,45)/t27-,32-,33-,34+,35-,37+/m0/s1. The van der Waals surface area contributed by atoms with Gasteiger partial charge in [0.25, 0.3) is 0 Å². The number of carbonyl (C=O) groups excluding carboxylic acids is 2. The van der Waals surface area contributed by atoms with Gasteiger partial charge in [-0.05, 0) is 61.1 Å². The highest BCUT2D eigenvalue weighted by Gasteiger charge is 2.44. The maximum Gasteiger partial charge on any atom is 0.407 e. The number of benzene rings is 3. The van der Waals surface area contributed by atoms with Gasteiger partial charge in [0.2, 0.25) is 10.0 Å². The fraction of sp³-hybridized carbons (Fsp3) is 0.474. The zero-order valence-electron chi connectivity index (χ0n) is 31.0. The first-order valence-corrected chi connectivity index (χ1v) is 21.3. The molecule has 300 valence electrons. The van der Waals surface area contributed by atoms with E-state index >= 15 is 0 Å². The van der Waals surface area contributed by atoms with Crippen LogP contribution in [-0.4, -0.2) is 98.1 Å². The lowest BCUT2D eigenvalue weighted by atomic mass is 10.0.